The van der Waals surface area contributed by atoms with Crippen LogP contribution < -0.4 is 0 Å². The lowest BCUT2D eigenvalue weighted by molar-refractivity contribution is 0.270. The molecule has 0 amide bonds. The van der Waals surface area contributed by atoms with Gasteiger partial charge in [0.25, 0.3) is 0 Å². The minimum Gasteiger partial charge on any atom is -0.305 e. The molecular formula is C14H20BrFN2O2S. The first-order valence-electron chi connectivity index (χ1n) is 7.01. The second-order valence-electron chi connectivity index (χ2n) is 5.37. The van der Waals surface area contributed by atoms with Gasteiger partial charge in [0, 0.05) is 19.1 Å². The third kappa shape index (κ3) is 3.64. The van der Waals surface area contributed by atoms with Gasteiger partial charge in [-0.25, -0.2) is 12.8 Å². The van der Waals surface area contributed by atoms with Gasteiger partial charge in [0.05, 0.1) is 9.37 Å². The summed E-state index contributed by atoms with van der Waals surface area (Å²) in [5.74, 6) is -0.559. The predicted octanol–water partition coefficient (Wildman–Crippen LogP) is 2.69. The van der Waals surface area contributed by atoms with E-state index in [4.69, 9.17) is 0 Å². The summed E-state index contributed by atoms with van der Waals surface area (Å²) in [7, 11) is -1.67. The largest absolute Gasteiger partial charge is 0.305 e. The molecule has 1 unspecified atom stereocenters. The molecule has 0 N–H and O–H groups in total. The van der Waals surface area contributed by atoms with Crippen LogP contribution in [0.25, 0.3) is 0 Å². The zero-order chi connectivity index (χ0) is 15.6. The Kier molecular flexibility index (Phi) is 5.40. The zero-order valence-electron chi connectivity index (χ0n) is 12.2. The molecule has 7 heteroatoms. The molecule has 1 aromatic carbocycles. The fourth-order valence-electron chi connectivity index (χ4n) is 2.64. The highest BCUT2D eigenvalue weighted by Crippen LogP contribution is 2.25. The Morgan fingerprint density at radius 1 is 1.38 bits per heavy atom. The fraction of sp³-hybridized carbons (Fsp3) is 0.571. The molecule has 118 valence electrons. The van der Waals surface area contributed by atoms with Crippen LogP contribution in [-0.4, -0.2) is 50.3 Å². The minimum atomic E-state index is -3.66. The summed E-state index contributed by atoms with van der Waals surface area (Å²) in [6.07, 6.45) is 1.52. The van der Waals surface area contributed by atoms with Gasteiger partial charge in [-0.2, -0.15) is 4.31 Å². The van der Waals surface area contributed by atoms with Gasteiger partial charge in [-0.05, 0) is 60.6 Å². The normalized spacial score (nSPS) is 22.2. The lowest BCUT2D eigenvalue weighted by Crippen LogP contribution is -2.43. The lowest BCUT2D eigenvalue weighted by Gasteiger charge is -2.29. The van der Waals surface area contributed by atoms with E-state index in [0.717, 1.165) is 25.5 Å². The molecule has 1 aliphatic heterocycles. The summed E-state index contributed by atoms with van der Waals surface area (Å²) in [5.41, 5.74) is 0. The second kappa shape index (κ2) is 6.73. The van der Waals surface area contributed by atoms with Crippen molar-refractivity contribution in [3.63, 3.8) is 0 Å². The first kappa shape index (κ1) is 16.9. The maximum atomic E-state index is 13.7. The Morgan fingerprint density at radius 2 is 2.10 bits per heavy atom. The zero-order valence-corrected chi connectivity index (χ0v) is 14.6. The molecule has 0 aliphatic carbocycles. The summed E-state index contributed by atoms with van der Waals surface area (Å²) in [4.78, 5) is 2.16. The van der Waals surface area contributed by atoms with Crippen molar-refractivity contribution in [2.45, 2.75) is 30.7 Å². The lowest BCUT2D eigenvalue weighted by atomic mass is 10.2. The van der Waals surface area contributed by atoms with Crippen LogP contribution in [0.1, 0.15) is 19.8 Å². The molecule has 2 rings (SSSR count). The van der Waals surface area contributed by atoms with Crippen LogP contribution in [0, 0.1) is 5.82 Å². The third-order valence-corrected chi connectivity index (χ3v) is 6.41. The number of benzene rings is 1. The van der Waals surface area contributed by atoms with Crippen molar-refractivity contribution in [1.82, 2.24) is 9.21 Å². The Morgan fingerprint density at radius 3 is 2.71 bits per heavy atom. The molecule has 1 aliphatic rings. The summed E-state index contributed by atoms with van der Waals surface area (Å²) in [6.45, 7) is 4.03. The molecule has 4 nitrogen and oxygen atoms in total. The Labute approximate surface area is 134 Å². The van der Waals surface area contributed by atoms with E-state index in [0.29, 0.717) is 13.1 Å². The summed E-state index contributed by atoms with van der Waals surface area (Å²) in [5, 5.41) is 0. The first-order chi connectivity index (χ1) is 9.86. The quantitative estimate of drug-likeness (QED) is 0.811. The summed E-state index contributed by atoms with van der Waals surface area (Å²) in [6, 6.07) is 3.90. The minimum absolute atomic E-state index is 0.0196. The predicted molar refractivity (Wildman–Crippen MR) is 84.2 cm³/mol. The molecule has 0 spiro atoms. The molecule has 0 aromatic heterocycles. The van der Waals surface area contributed by atoms with E-state index in [1.54, 1.807) is 0 Å². The van der Waals surface area contributed by atoms with Crippen molar-refractivity contribution in [2.24, 2.45) is 0 Å². The van der Waals surface area contributed by atoms with E-state index in [9.17, 15) is 12.8 Å². The van der Waals surface area contributed by atoms with Gasteiger partial charge in [-0.15, -0.1) is 0 Å². The van der Waals surface area contributed by atoms with E-state index < -0.39 is 15.8 Å². The molecule has 1 fully saturated rings. The molecule has 1 atom stereocenters. The van der Waals surface area contributed by atoms with Gasteiger partial charge in [-0.3, -0.25) is 0 Å². The maximum absolute atomic E-state index is 13.7. The highest BCUT2D eigenvalue weighted by Gasteiger charge is 2.33. The Bertz CT molecular complexity index is 609. The molecule has 0 saturated carbocycles. The summed E-state index contributed by atoms with van der Waals surface area (Å²) >= 11 is 3.05. The van der Waals surface area contributed by atoms with E-state index in [-0.39, 0.29) is 15.4 Å². The fourth-order valence-corrected chi connectivity index (χ4v) is 4.63. The van der Waals surface area contributed by atoms with E-state index in [1.165, 1.54) is 16.4 Å². The maximum Gasteiger partial charge on any atom is 0.243 e. The van der Waals surface area contributed by atoms with Crippen molar-refractivity contribution >= 4 is 26.0 Å². The summed E-state index contributed by atoms with van der Waals surface area (Å²) < 4.78 is 41.1. The Hall–Kier alpha value is -0.500. The van der Waals surface area contributed by atoms with Crippen molar-refractivity contribution in [3.05, 3.63) is 28.5 Å². The van der Waals surface area contributed by atoms with Crippen LogP contribution in [0.15, 0.2) is 27.6 Å². The van der Waals surface area contributed by atoms with Crippen LogP contribution >= 0.6 is 15.9 Å². The number of hydrogen-bond acceptors (Lipinski definition) is 3. The van der Waals surface area contributed by atoms with Crippen LogP contribution in [0.3, 0.4) is 0 Å². The van der Waals surface area contributed by atoms with Crippen molar-refractivity contribution < 1.29 is 12.8 Å². The van der Waals surface area contributed by atoms with Crippen molar-refractivity contribution in [1.29, 1.82) is 0 Å². The molecule has 0 radical (unpaired) electrons. The monoisotopic (exact) mass is 378 g/mol. The first-order valence-corrected chi connectivity index (χ1v) is 9.25. The van der Waals surface area contributed by atoms with Crippen LogP contribution in [0.5, 0.6) is 0 Å². The van der Waals surface area contributed by atoms with Gasteiger partial charge in [0.15, 0.2) is 0 Å². The van der Waals surface area contributed by atoms with Gasteiger partial charge in [0.2, 0.25) is 10.0 Å². The van der Waals surface area contributed by atoms with E-state index in [1.807, 2.05) is 14.0 Å². The smallest absolute Gasteiger partial charge is 0.243 e. The molecular weight excluding hydrogens is 359 g/mol. The highest BCUT2D eigenvalue weighted by molar-refractivity contribution is 9.10. The van der Waals surface area contributed by atoms with Crippen LogP contribution in [0.4, 0.5) is 4.39 Å². The van der Waals surface area contributed by atoms with Gasteiger partial charge in [-0.1, -0.05) is 6.92 Å². The highest BCUT2D eigenvalue weighted by atomic mass is 79.9. The average Bonchev–Trinajstić information content (AvgIpc) is 2.63. The number of hydrogen-bond donors (Lipinski definition) is 0. The number of nitrogens with zero attached hydrogens (tertiary/aromatic N) is 2. The Balaban J connectivity index is 2.38. The average molecular weight is 379 g/mol. The molecule has 1 saturated heterocycles. The van der Waals surface area contributed by atoms with E-state index in [2.05, 4.69) is 20.8 Å². The molecule has 0 bridgehead atoms. The SMILES string of the molecule is CCC1CN(C)CCCN1S(=O)(=O)c1ccc(Br)c(F)c1. The number of halogens is 2. The van der Waals surface area contributed by atoms with Crippen molar-refractivity contribution in [2.75, 3.05) is 26.7 Å². The standard InChI is InChI=1S/C14H20BrFN2O2S/c1-3-11-10-17(2)7-4-8-18(11)21(19,20)12-5-6-13(15)14(16)9-12/h5-6,9,11H,3-4,7-8,10H2,1-2H3. The third-order valence-electron chi connectivity index (χ3n) is 3.82. The molecule has 1 heterocycles. The number of likely N-dealkylation sites (N-methyl/N-ethyl adjacent to an activating group) is 1. The van der Waals surface area contributed by atoms with Crippen molar-refractivity contribution in [3.8, 4) is 0 Å². The molecule has 21 heavy (non-hydrogen) atoms. The van der Waals surface area contributed by atoms with Gasteiger partial charge in [0.1, 0.15) is 5.82 Å². The molecule has 1 aromatic rings. The topological polar surface area (TPSA) is 40.6 Å². The number of rotatable bonds is 3. The van der Waals surface area contributed by atoms with Gasteiger partial charge < -0.3 is 4.90 Å². The van der Waals surface area contributed by atoms with Crippen LogP contribution in [-0.2, 0) is 10.0 Å². The van der Waals surface area contributed by atoms with E-state index >= 15 is 0 Å². The number of sulfonamides is 1. The van der Waals surface area contributed by atoms with Gasteiger partial charge >= 0.3 is 0 Å². The van der Waals surface area contributed by atoms with Crippen LogP contribution in [0.2, 0.25) is 0 Å². The second-order valence-corrected chi connectivity index (χ2v) is 8.11.